The van der Waals surface area contributed by atoms with Crippen molar-refractivity contribution in [3.8, 4) is 11.5 Å². The summed E-state index contributed by atoms with van der Waals surface area (Å²) in [7, 11) is 0. The number of hydrogen-bond acceptors (Lipinski definition) is 1. The summed E-state index contributed by atoms with van der Waals surface area (Å²) in [4.78, 5) is 0. The molecule has 0 spiro atoms. The molecule has 0 fully saturated rings. The average molecular weight is 216 g/mol. The van der Waals surface area contributed by atoms with Crippen LogP contribution < -0.4 is 4.74 Å². The molecule has 2 heteroatoms. The van der Waals surface area contributed by atoms with Crippen molar-refractivity contribution in [2.45, 2.75) is 13.8 Å². The maximum Gasteiger partial charge on any atom is 0.130 e. The van der Waals surface area contributed by atoms with Gasteiger partial charge < -0.3 is 4.74 Å². The van der Waals surface area contributed by atoms with Crippen molar-refractivity contribution < 1.29 is 9.13 Å². The van der Waals surface area contributed by atoms with Crippen LogP contribution in [0.15, 0.2) is 42.5 Å². The molecule has 0 atom stereocenters. The molecule has 2 aromatic rings. The van der Waals surface area contributed by atoms with E-state index in [-0.39, 0.29) is 5.82 Å². The lowest BCUT2D eigenvalue weighted by atomic mass is 10.2. The molecule has 0 saturated heterocycles. The zero-order chi connectivity index (χ0) is 11.5. The maximum atomic E-state index is 12.9. The highest BCUT2D eigenvalue weighted by molar-refractivity contribution is 5.38. The van der Waals surface area contributed by atoms with Gasteiger partial charge in [-0.3, -0.25) is 0 Å². The van der Waals surface area contributed by atoms with Crippen molar-refractivity contribution in [3.63, 3.8) is 0 Å². The highest BCUT2D eigenvalue weighted by Gasteiger charge is 2.02. The fraction of sp³-hybridized carbons (Fsp3) is 0.143. The van der Waals surface area contributed by atoms with E-state index in [4.69, 9.17) is 4.74 Å². The number of halogens is 1. The lowest BCUT2D eigenvalue weighted by Crippen LogP contribution is -1.88. The van der Waals surface area contributed by atoms with Gasteiger partial charge in [0, 0.05) is 0 Å². The van der Waals surface area contributed by atoms with Gasteiger partial charge in [-0.05, 0) is 55.3 Å². The van der Waals surface area contributed by atoms with Gasteiger partial charge in [0.05, 0.1) is 0 Å². The molecule has 82 valence electrons. The predicted octanol–water partition coefficient (Wildman–Crippen LogP) is 4.23. The van der Waals surface area contributed by atoms with Gasteiger partial charge in [0.25, 0.3) is 0 Å². The van der Waals surface area contributed by atoms with E-state index in [0.717, 1.165) is 16.9 Å². The standard InChI is InChI=1S/C14H13FO/c1-10-4-3-5-13(8-10)16-14-7-6-12(15)9-11(14)2/h3-9H,1-2H3. The molecular formula is C14H13FO. The van der Waals surface area contributed by atoms with E-state index in [1.165, 1.54) is 12.1 Å². The lowest BCUT2D eigenvalue weighted by Gasteiger charge is -2.08. The van der Waals surface area contributed by atoms with E-state index < -0.39 is 0 Å². The Morgan fingerprint density at radius 1 is 1.00 bits per heavy atom. The zero-order valence-corrected chi connectivity index (χ0v) is 9.33. The van der Waals surface area contributed by atoms with Gasteiger partial charge in [-0.1, -0.05) is 12.1 Å². The summed E-state index contributed by atoms with van der Waals surface area (Å²) in [5.74, 6) is 1.22. The predicted molar refractivity (Wildman–Crippen MR) is 62.4 cm³/mol. The van der Waals surface area contributed by atoms with Crippen molar-refractivity contribution in [2.24, 2.45) is 0 Å². The molecule has 0 bridgehead atoms. The van der Waals surface area contributed by atoms with Gasteiger partial charge in [-0.25, -0.2) is 4.39 Å². The minimum Gasteiger partial charge on any atom is -0.457 e. The fourth-order valence-corrected chi connectivity index (χ4v) is 1.53. The first-order chi connectivity index (χ1) is 7.65. The number of ether oxygens (including phenoxy) is 1. The first-order valence-corrected chi connectivity index (χ1v) is 5.16. The van der Waals surface area contributed by atoms with Gasteiger partial charge in [0.15, 0.2) is 0 Å². The van der Waals surface area contributed by atoms with Gasteiger partial charge in [-0.2, -0.15) is 0 Å². The van der Waals surface area contributed by atoms with E-state index in [1.54, 1.807) is 6.07 Å². The molecule has 2 aromatic carbocycles. The zero-order valence-electron chi connectivity index (χ0n) is 9.33. The van der Waals surface area contributed by atoms with E-state index in [1.807, 2.05) is 38.1 Å². The Morgan fingerprint density at radius 3 is 2.50 bits per heavy atom. The normalized spacial score (nSPS) is 10.2. The van der Waals surface area contributed by atoms with Crippen LogP contribution >= 0.6 is 0 Å². The Morgan fingerprint density at radius 2 is 1.81 bits per heavy atom. The minimum absolute atomic E-state index is 0.242. The van der Waals surface area contributed by atoms with E-state index in [9.17, 15) is 4.39 Å². The van der Waals surface area contributed by atoms with Crippen LogP contribution in [0.5, 0.6) is 11.5 Å². The number of rotatable bonds is 2. The molecule has 1 nitrogen and oxygen atoms in total. The maximum absolute atomic E-state index is 12.9. The van der Waals surface area contributed by atoms with E-state index in [2.05, 4.69) is 0 Å². The molecule has 0 amide bonds. The highest BCUT2D eigenvalue weighted by atomic mass is 19.1. The Kier molecular flexibility index (Phi) is 2.91. The van der Waals surface area contributed by atoms with Crippen LogP contribution in [0, 0.1) is 19.7 Å². The molecule has 0 aliphatic carbocycles. The molecule has 0 saturated carbocycles. The second kappa shape index (κ2) is 4.35. The van der Waals surface area contributed by atoms with Gasteiger partial charge in [-0.15, -0.1) is 0 Å². The van der Waals surface area contributed by atoms with E-state index in [0.29, 0.717) is 5.75 Å². The fourth-order valence-electron chi connectivity index (χ4n) is 1.53. The van der Waals surface area contributed by atoms with Crippen LogP contribution in [-0.2, 0) is 0 Å². The van der Waals surface area contributed by atoms with Gasteiger partial charge >= 0.3 is 0 Å². The molecular weight excluding hydrogens is 203 g/mol. The van der Waals surface area contributed by atoms with Crippen molar-refractivity contribution in [1.82, 2.24) is 0 Å². The van der Waals surface area contributed by atoms with Crippen molar-refractivity contribution in [1.29, 1.82) is 0 Å². The summed E-state index contributed by atoms with van der Waals surface area (Å²) in [5.41, 5.74) is 1.93. The van der Waals surface area contributed by atoms with Crippen LogP contribution in [-0.4, -0.2) is 0 Å². The van der Waals surface area contributed by atoms with Crippen molar-refractivity contribution in [2.75, 3.05) is 0 Å². The third-order valence-electron chi connectivity index (χ3n) is 2.35. The third-order valence-corrected chi connectivity index (χ3v) is 2.35. The molecule has 0 aliphatic heterocycles. The SMILES string of the molecule is Cc1cccc(Oc2ccc(F)cc2C)c1. The monoisotopic (exact) mass is 216 g/mol. The molecule has 0 heterocycles. The third kappa shape index (κ3) is 2.40. The average Bonchev–Trinajstić information content (AvgIpc) is 2.22. The van der Waals surface area contributed by atoms with Gasteiger partial charge in [0.1, 0.15) is 17.3 Å². The number of hydrogen-bond donors (Lipinski definition) is 0. The van der Waals surface area contributed by atoms with Crippen LogP contribution in [0.1, 0.15) is 11.1 Å². The van der Waals surface area contributed by atoms with Crippen LogP contribution in [0.4, 0.5) is 4.39 Å². The molecule has 0 radical (unpaired) electrons. The molecule has 2 rings (SSSR count). The van der Waals surface area contributed by atoms with Crippen molar-refractivity contribution >= 4 is 0 Å². The number of benzene rings is 2. The topological polar surface area (TPSA) is 9.23 Å². The first kappa shape index (κ1) is 10.7. The largest absolute Gasteiger partial charge is 0.457 e. The summed E-state index contributed by atoms with van der Waals surface area (Å²) in [6.07, 6.45) is 0. The summed E-state index contributed by atoms with van der Waals surface area (Å²) < 4.78 is 18.6. The molecule has 0 aromatic heterocycles. The second-order valence-corrected chi connectivity index (χ2v) is 3.83. The summed E-state index contributed by atoms with van der Waals surface area (Å²) in [6, 6.07) is 12.3. The summed E-state index contributed by atoms with van der Waals surface area (Å²) in [6.45, 7) is 3.83. The number of aryl methyl sites for hydroxylation is 2. The lowest BCUT2D eigenvalue weighted by molar-refractivity contribution is 0.476. The summed E-state index contributed by atoms with van der Waals surface area (Å²) >= 11 is 0. The van der Waals surface area contributed by atoms with E-state index >= 15 is 0 Å². The first-order valence-electron chi connectivity index (χ1n) is 5.16. The molecule has 0 aliphatic rings. The molecule has 0 unspecified atom stereocenters. The Bertz CT molecular complexity index is 506. The quantitative estimate of drug-likeness (QED) is 0.729. The molecule has 0 N–H and O–H groups in total. The highest BCUT2D eigenvalue weighted by Crippen LogP contribution is 2.25. The Hall–Kier alpha value is -1.83. The summed E-state index contributed by atoms with van der Waals surface area (Å²) in [5, 5.41) is 0. The molecule has 16 heavy (non-hydrogen) atoms. The van der Waals surface area contributed by atoms with Crippen LogP contribution in [0.3, 0.4) is 0 Å². The Balaban J connectivity index is 2.27. The smallest absolute Gasteiger partial charge is 0.130 e. The van der Waals surface area contributed by atoms with Crippen LogP contribution in [0.2, 0.25) is 0 Å². The van der Waals surface area contributed by atoms with Gasteiger partial charge in [0.2, 0.25) is 0 Å². The Labute approximate surface area is 94.5 Å². The minimum atomic E-state index is -0.242. The van der Waals surface area contributed by atoms with Crippen LogP contribution in [0.25, 0.3) is 0 Å². The second-order valence-electron chi connectivity index (χ2n) is 3.83. The van der Waals surface area contributed by atoms with Crippen molar-refractivity contribution in [3.05, 3.63) is 59.4 Å².